The van der Waals surface area contributed by atoms with Gasteiger partial charge in [0, 0.05) is 17.1 Å². The van der Waals surface area contributed by atoms with E-state index in [2.05, 4.69) is 91.0 Å². The van der Waals surface area contributed by atoms with Gasteiger partial charge in [0.15, 0.2) is 0 Å². The first-order valence-corrected chi connectivity index (χ1v) is 8.33. The van der Waals surface area contributed by atoms with Gasteiger partial charge in [0.05, 0.1) is 0 Å². The van der Waals surface area contributed by atoms with Crippen LogP contribution in [0, 0.1) is 0 Å². The third-order valence-electron chi connectivity index (χ3n) is 3.40. The van der Waals surface area contributed by atoms with Gasteiger partial charge < -0.3 is 0 Å². The van der Waals surface area contributed by atoms with E-state index in [1.807, 2.05) is 0 Å². The van der Waals surface area contributed by atoms with E-state index in [0.717, 1.165) is 0 Å². The van der Waals surface area contributed by atoms with E-state index in [0.29, 0.717) is 0 Å². The zero-order valence-corrected chi connectivity index (χ0v) is 13.1. The summed E-state index contributed by atoms with van der Waals surface area (Å²) in [7, 11) is -1.31. The van der Waals surface area contributed by atoms with Crippen molar-refractivity contribution in [3.8, 4) is 0 Å². The van der Waals surface area contributed by atoms with Crippen molar-refractivity contribution < 1.29 is 17.1 Å². The Labute approximate surface area is 132 Å². The average molecular weight is 328 g/mol. The standard InChI is InChI=1S/C18H17P.Cu/c1-4-10-16(11-5-1)19(17-12-6-2-7-13-17)18-14-8-3-9-15-18;/h1-15H,19H2;. The Morgan fingerprint density at radius 3 is 0.900 bits per heavy atom. The van der Waals surface area contributed by atoms with Crippen LogP contribution in [0.25, 0.3) is 0 Å². The summed E-state index contributed by atoms with van der Waals surface area (Å²) in [6.45, 7) is 0. The summed E-state index contributed by atoms with van der Waals surface area (Å²) in [6.07, 6.45) is 0. The molecule has 105 valence electrons. The minimum absolute atomic E-state index is 0. The molecule has 0 bridgehead atoms. The molecule has 0 nitrogen and oxygen atoms in total. The second-order valence-electron chi connectivity index (χ2n) is 4.67. The Hall–Kier alpha value is -1.39. The van der Waals surface area contributed by atoms with E-state index in [1.54, 1.807) is 0 Å². The van der Waals surface area contributed by atoms with Crippen molar-refractivity contribution in [1.29, 1.82) is 0 Å². The van der Waals surface area contributed by atoms with Crippen LogP contribution in [0.15, 0.2) is 91.0 Å². The van der Waals surface area contributed by atoms with Gasteiger partial charge in [-0.3, -0.25) is 0 Å². The van der Waals surface area contributed by atoms with Gasteiger partial charge >= 0.3 is 115 Å². The molecule has 0 spiro atoms. The topological polar surface area (TPSA) is 0 Å². The Bertz CT molecular complexity index is 529. The van der Waals surface area contributed by atoms with Crippen molar-refractivity contribution >= 4 is 23.8 Å². The minimum atomic E-state index is -1.31. The summed E-state index contributed by atoms with van der Waals surface area (Å²) in [6, 6.07) is 32.7. The van der Waals surface area contributed by atoms with Crippen LogP contribution >= 0.6 is 7.92 Å². The second kappa shape index (κ2) is 7.41. The summed E-state index contributed by atoms with van der Waals surface area (Å²) in [5.74, 6) is 0. The van der Waals surface area contributed by atoms with E-state index in [1.165, 1.54) is 15.9 Å². The van der Waals surface area contributed by atoms with E-state index >= 15 is 0 Å². The maximum absolute atomic E-state index is 2.26. The molecule has 0 saturated heterocycles. The molecule has 0 aliphatic heterocycles. The quantitative estimate of drug-likeness (QED) is 0.512. The molecule has 0 fully saturated rings. The van der Waals surface area contributed by atoms with E-state index in [9.17, 15) is 0 Å². The van der Waals surface area contributed by atoms with Crippen molar-refractivity contribution in [3.05, 3.63) is 91.0 Å². The first kappa shape index (κ1) is 15.0. The van der Waals surface area contributed by atoms with Crippen LogP contribution < -0.4 is 15.9 Å². The molecule has 2 heteroatoms. The molecule has 3 rings (SSSR count). The van der Waals surface area contributed by atoms with Crippen molar-refractivity contribution in [2.75, 3.05) is 0 Å². The molecule has 0 atom stereocenters. The molecule has 0 saturated carbocycles. The van der Waals surface area contributed by atoms with Gasteiger partial charge in [-0.05, 0) is 0 Å². The van der Waals surface area contributed by atoms with Crippen LogP contribution in [0.3, 0.4) is 0 Å². The number of hydrogen-bond donors (Lipinski definition) is 0. The Morgan fingerprint density at radius 1 is 0.400 bits per heavy atom. The molecular formula is C18H17CuP. The van der Waals surface area contributed by atoms with Crippen molar-refractivity contribution in [3.63, 3.8) is 0 Å². The molecule has 3 aromatic rings. The molecule has 20 heavy (non-hydrogen) atoms. The summed E-state index contributed by atoms with van der Waals surface area (Å²) in [5, 5.41) is 4.42. The van der Waals surface area contributed by atoms with E-state index < -0.39 is 7.92 Å². The third-order valence-corrected chi connectivity index (χ3v) is 6.55. The molecule has 0 heterocycles. The van der Waals surface area contributed by atoms with Crippen molar-refractivity contribution in [2.24, 2.45) is 0 Å². The van der Waals surface area contributed by atoms with Crippen molar-refractivity contribution in [2.45, 2.75) is 0 Å². The average Bonchev–Trinajstić information content (AvgIpc) is 2.51. The van der Waals surface area contributed by atoms with Crippen LogP contribution in [0.5, 0.6) is 0 Å². The van der Waals surface area contributed by atoms with Gasteiger partial charge in [0.25, 0.3) is 0 Å². The van der Waals surface area contributed by atoms with Gasteiger partial charge in [-0.15, -0.1) is 0 Å². The maximum atomic E-state index is 2.26. The fraction of sp³-hybridized carbons (Fsp3) is 0. The molecule has 0 N–H and O–H groups in total. The Balaban J connectivity index is 0.00000147. The summed E-state index contributed by atoms with van der Waals surface area (Å²) in [4.78, 5) is 0. The molecule has 0 aliphatic carbocycles. The van der Waals surface area contributed by atoms with Gasteiger partial charge in [-0.2, -0.15) is 0 Å². The van der Waals surface area contributed by atoms with Gasteiger partial charge in [-0.25, -0.2) is 0 Å². The van der Waals surface area contributed by atoms with Gasteiger partial charge in [0.2, 0.25) is 0 Å². The molecule has 0 aliphatic rings. The Kier molecular flexibility index (Phi) is 5.56. The molecule has 0 amide bonds. The zero-order valence-electron chi connectivity index (χ0n) is 11.0. The van der Waals surface area contributed by atoms with Gasteiger partial charge in [0.1, 0.15) is 0 Å². The van der Waals surface area contributed by atoms with Crippen LogP contribution in [0.4, 0.5) is 0 Å². The normalized spacial score (nSPS) is 10.5. The van der Waals surface area contributed by atoms with Crippen LogP contribution in [-0.4, -0.2) is 0 Å². The second-order valence-corrected chi connectivity index (χ2v) is 7.53. The number of hydrogen-bond acceptors (Lipinski definition) is 0. The fourth-order valence-electron chi connectivity index (χ4n) is 2.51. The molecular weight excluding hydrogens is 311 g/mol. The van der Waals surface area contributed by atoms with Gasteiger partial charge in [-0.1, -0.05) is 0 Å². The summed E-state index contributed by atoms with van der Waals surface area (Å²) >= 11 is 0. The number of rotatable bonds is 3. The summed E-state index contributed by atoms with van der Waals surface area (Å²) < 4.78 is 0. The van der Waals surface area contributed by atoms with E-state index in [4.69, 9.17) is 0 Å². The van der Waals surface area contributed by atoms with E-state index in [-0.39, 0.29) is 17.1 Å². The van der Waals surface area contributed by atoms with Crippen molar-refractivity contribution in [1.82, 2.24) is 0 Å². The monoisotopic (exact) mass is 327 g/mol. The molecule has 3 aromatic carbocycles. The van der Waals surface area contributed by atoms with Crippen LogP contribution in [-0.2, 0) is 17.1 Å². The first-order valence-electron chi connectivity index (χ1n) is 6.60. The summed E-state index contributed by atoms with van der Waals surface area (Å²) in [5.41, 5.74) is 0. The SMILES string of the molecule is [Cu].c1ccc([PH2](c2ccccc2)c2ccccc2)cc1. The third kappa shape index (κ3) is 3.38. The zero-order chi connectivity index (χ0) is 12.9. The predicted molar refractivity (Wildman–Crippen MR) is 87.9 cm³/mol. The molecule has 0 aromatic heterocycles. The number of benzene rings is 3. The molecule has 0 unspecified atom stereocenters. The molecule has 1 radical (unpaired) electrons. The predicted octanol–water partition coefficient (Wildman–Crippen LogP) is 2.91. The Morgan fingerprint density at radius 2 is 0.650 bits per heavy atom. The fourth-order valence-corrected chi connectivity index (χ4v) is 5.49. The van der Waals surface area contributed by atoms with Crippen LogP contribution in [0.1, 0.15) is 0 Å². The van der Waals surface area contributed by atoms with Crippen LogP contribution in [0.2, 0.25) is 0 Å². The first-order chi connectivity index (χ1) is 9.45.